The van der Waals surface area contributed by atoms with E-state index in [1.807, 2.05) is 43.3 Å². The number of rotatable bonds is 6. The Labute approximate surface area is 180 Å². The molecule has 0 saturated heterocycles. The van der Waals surface area contributed by atoms with E-state index in [1.165, 1.54) is 0 Å². The maximum absolute atomic E-state index is 12.2. The number of nitrogens with one attached hydrogen (secondary N) is 2. The second-order valence-corrected chi connectivity index (χ2v) is 7.16. The molecule has 0 saturated carbocycles. The van der Waals surface area contributed by atoms with Crippen LogP contribution in [0.25, 0.3) is 0 Å². The van der Waals surface area contributed by atoms with Crippen LogP contribution in [-0.2, 0) is 0 Å². The fourth-order valence-electron chi connectivity index (χ4n) is 2.63. The molecule has 0 fully saturated rings. The van der Waals surface area contributed by atoms with Crippen molar-refractivity contribution < 1.29 is 9.59 Å². The van der Waals surface area contributed by atoms with Gasteiger partial charge in [-0.3, -0.25) is 9.59 Å². The topological polar surface area (TPSA) is 73.8 Å². The summed E-state index contributed by atoms with van der Waals surface area (Å²) in [5.74, 6) is -0.622. The molecule has 0 spiro atoms. The van der Waals surface area contributed by atoms with E-state index in [1.54, 1.807) is 54.7 Å². The Balaban J connectivity index is 1.56. The van der Waals surface area contributed by atoms with E-state index in [0.717, 1.165) is 11.3 Å². The average molecular weight is 421 g/mol. The van der Waals surface area contributed by atoms with Gasteiger partial charge in [-0.25, -0.2) is 5.43 Å². The van der Waals surface area contributed by atoms with Crippen molar-refractivity contribution in [3.05, 3.63) is 94.5 Å². The third-order valence-electron chi connectivity index (χ3n) is 4.28. The van der Waals surface area contributed by atoms with E-state index >= 15 is 0 Å². The Bertz CT molecular complexity index is 1060. The Kier molecular flexibility index (Phi) is 6.83. The van der Waals surface area contributed by atoms with Gasteiger partial charge in [0.1, 0.15) is 0 Å². The minimum atomic E-state index is -0.344. The van der Waals surface area contributed by atoms with E-state index in [9.17, 15) is 9.59 Å². The molecular weight excluding hydrogens is 400 g/mol. The highest BCUT2D eigenvalue weighted by Crippen LogP contribution is 2.15. The highest BCUT2D eigenvalue weighted by Gasteiger charge is 2.08. The molecule has 7 heteroatoms. The van der Waals surface area contributed by atoms with Crippen LogP contribution in [0.2, 0.25) is 5.02 Å². The zero-order chi connectivity index (χ0) is 21.5. The lowest BCUT2D eigenvalue weighted by Crippen LogP contribution is -2.18. The first-order valence-electron chi connectivity index (χ1n) is 9.20. The molecule has 3 aromatic rings. The van der Waals surface area contributed by atoms with Crippen LogP contribution in [0.3, 0.4) is 0 Å². The average Bonchev–Trinajstić information content (AvgIpc) is 2.74. The summed E-state index contributed by atoms with van der Waals surface area (Å²) in [7, 11) is 3.94. The van der Waals surface area contributed by atoms with Crippen LogP contribution in [0, 0.1) is 0 Å². The van der Waals surface area contributed by atoms with Gasteiger partial charge in [0.15, 0.2) is 0 Å². The van der Waals surface area contributed by atoms with Gasteiger partial charge in [-0.15, -0.1) is 0 Å². The number of halogens is 1. The smallest absolute Gasteiger partial charge is 0.271 e. The summed E-state index contributed by atoms with van der Waals surface area (Å²) in [4.78, 5) is 26.5. The van der Waals surface area contributed by atoms with E-state index in [4.69, 9.17) is 11.6 Å². The number of hydrazone groups is 1. The molecule has 3 aromatic carbocycles. The Morgan fingerprint density at radius 1 is 0.900 bits per heavy atom. The van der Waals surface area contributed by atoms with Crippen LogP contribution in [0.5, 0.6) is 0 Å². The molecular formula is C23H21ClN4O2. The van der Waals surface area contributed by atoms with Crippen molar-refractivity contribution >= 4 is 41.0 Å². The Morgan fingerprint density at radius 2 is 1.60 bits per heavy atom. The first kappa shape index (κ1) is 21.1. The number of carbonyl (C=O) groups is 2. The maximum Gasteiger partial charge on any atom is 0.271 e. The third-order valence-corrected chi connectivity index (χ3v) is 4.52. The van der Waals surface area contributed by atoms with Crippen molar-refractivity contribution in [2.75, 3.05) is 24.3 Å². The number of amides is 2. The fraction of sp³-hybridized carbons (Fsp3) is 0.0870. The molecule has 0 bridgehead atoms. The number of benzene rings is 3. The second-order valence-electron chi connectivity index (χ2n) is 6.73. The lowest BCUT2D eigenvalue weighted by molar-refractivity contribution is 0.0954. The van der Waals surface area contributed by atoms with Crippen molar-refractivity contribution in [1.82, 2.24) is 5.43 Å². The monoisotopic (exact) mass is 420 g/mol. The molecule has 6 nitrogen and oxygen atoms in total. The summed E-state index contributed by atoms with van der Waals surface area (Å²) >= 11 is 5.91. The van der Waals surface area contributed by atoms with Crippen LogP contribution in [0.1, 0.15) is 26.3 Å². The van der Waals surface area contributed by atoms with Crippen LogP contribution in [0.15, 0.2) is 77.9 Å². The third kappa shape index (κ3) is 5.68. The van der Waals surface area contributed by atoms with Crippen LogP contribution >= 0.6 is 11.6 Å². The summed E-state index contributed by atoms with van der Waals surface area (Å²) in [5.41, 5.74) is 5.91. The number of carbonyl (C=O) groups excluding carboxylic acids is 2. The summed E-state index contributed by atoms with van der Waals surface area (Å²) in [6, 6.07) is 21.0. The highest BCUT2D eigenvalue weighted by molar-refractivity contribution is 6.31. The minimum Gasteiger partial charge on any atom is -0.378 e. The van der Waals surface area contributed by atoms with Crippen LogP contribution < -0.4 is 15.6 Å². The quantitative estimate of drug-likeness (QED) is 0.458. The van der Waals surface area contributed by atoms with Gasteiger partial charge in [0.2, 0.25) is 0 Å². The lowest BCUT2D eigenvalue weighted by atomic mass is 10.1. The molecule has 2 amide bonds. The first-order valence-corrected chi connectivity index (χ1v) is 9.58. The maximum atomic E-state index is 12.2. The van der Waals surface area contributed by atoms with Gasteiger partial charge in [-0.1, -0.05) is 29.8 Å². The van der Waals surface area contributed by atoms with E-state index in [2.05, 4.69) is 15.8 Å². The largest absolute Gasteiger partial charge is 0.378 e. The van der Waals surface area contributed by atoms with E-state index in [0.29, 0.717) is 21.8 Å². The van der Waals surface area contributed by atoms with Crippen LogP contribution in [-0.4, -0.2) is 32.1 Å². The van der Waals surface area contributed by atoms with Gasteiger partial charge < -0.3 is 10.2 Å². The fourth-order valence-corrected chi connectivity index (χ4v) is 2.82. The summed E-state index contributed by atoms with van der Waals surface area (Å²) in [6.07, 6.45) is 1.58. The Morgan fingerprint density at radius 3 is 2.23 bits per heavy atom. The number of hydrogen-bond donors (Lipinski definition) is 2. The minimum absolute atomic E-state index is 0.278. The zero-order valence-corrected chi connectivity index (χ0v) is 17.4. The van der Waals surface area contributed by atoms with Crippen molar-refractivity contribution in [3.63, 3.8) is 0 Å². The highest BCUT2D eigenvalue weighted by atomic mass is 35.5. The second kappa shape index (κ2) is 9.71. The number of anilines is 2. The van der Waals surface area contributed by atoms with Crippen molar-refractivity contribution in [3.8, 4) is 0 Å². The van der Waals surface area contributed by atoms with Gasteiger partial charge in [-0.2, -0.15) is 5.10 Å². The van der Waals surface area contributed by atoms with Gasteiger partial charge in [0, 0.05) is 41.6 Å². The molecule has 152 valence electrons. The van der Waals surface area contributed by atoms with E-state index in [-0.39, 0.29) is 11.8 Å². The normalized spacial score (nSPS) is 10.6. The molecule has 2 N–H and O–H groups in total. The van der Waals surface area contributed by atoms with Gasteiger partial charge in [-0.05, 0) is 60.2 Å². The summed E-state index contributed by atoms with van der Waals surface area (Å²) in [5, 5.41) is 7.25. The predicted octanol–water partition coefficient (Wildman–Crippen LogP) is 4.42. The summed E-state index contributed by atoms with van der Waals surface area (Å²) in [6.45, 7) is 0. The molecule has 0 atom stereocenters. The molecule has 0 aromatic heterocycles. The SMILES string of the molecule is CN(C)c1ccc(C=NNC(=O)c2ccc(NC(=O)c3cccc(Cl)c3)cc2)cc1. The molecule has 0 aliphatic carbocycles. The van der Waals surface area contributed by atoms with Gasteiger partial charge >= 0.3 is 0 Å². The summed E-state index contributed by atoms with van der Waals surface area (Å²) < 4.78 is 0. The molecule has 0 radical (unpaired) electrons. The molecule has 3 rings (SSSR count). The van der Waals surface area contributed by atoms with Crippen molar-refractivity contribution in [2.45, 2.75) is 0 Å². The molecule has 30 heavy (non-hydrogen) atoms. The van der Waals surface area contributed by atoms with Crippen molar-refractivity contribution in [2.24, 2.45) is 5.10 Å². The van der Waals surface area contributed by atoms with Crippen molar-refractivity contribution in [1.29, 1.82) is 0 Å². The lowest BCUT2D eigenvalue weighted by Gasteiger charge is -2.11. The number of hydrogen-bond acceptors (Lipinski definition) is 4. The molecule has 0 aliphatic heterocycles. The Hall–Kier alpha value is -3.64. The van der Waals surface area contributed by atoms with Gasteiger partial charge in [0.25, 0.3) is 11.8 Å². The standard InChI is InChI=1S/C23H21ClN4O2/c1-28(2)21-12-6-16(7-13-21)15-25-27-23(30)17-8-10-20(11-9-17)26-22(29)18-4-3-5-19(24)14-18/h3-15H,1-2H3,(H,26,29)(H,27,30). The van der Waals surface area contributed by atoms with E-state index < -0.39 is 0 Å². The zero-order valence-electron chi connectivity index (χ0n) is 16.6. The van der Waals surface area contributed by atoms with Gasteiger partial charge in [0.05, 0.1) is 6.21 Å². The molecule has 0 unspecified atom stereocenters. The molecule has 0 heterocycles. The number of nitrogens with zero attached hydrogens (tertiary/aromatic N) is 2. The van der Waals surface area contributed by atoms with Crippen LogP contribution in [0.4, 0.5) is 11.4 Å². The first-order chi connectivity index (χ1) is 14.4. The molecule has 0 aliphatic rings. The predicted molar refractivity (Wildman–Crippen MR) is 122 cm³/mol.